The Kier molecular flexibility index (Phi) is 9.26. The maximum atomic E-state index is 14.8. The molecule has 228 valence electrons. The van der Waals surface area contributed by atoms with E-state index in [9.17, 15) is 43.9 Å². The Labute approximate surface area is 239 Å². The molecule has 0 spiro atoms. The first-order valence-corrected chi connectivity index (χ1v) is 12.8. The maximum Gasteiger partial charge on any atom is 0.429 e. The summed E-state index contributed by atoms with van der Waals surface area (Å²) in [4.78, 5) is 0. The quantitative estimate of drug-likeness (QED) is 0.124. The lowest BCUT2D eigenvalue weighted by molar-refractivity contribution is -0.189. The van der Waals surface area contributed by atoms with Crippen molar-refractivity contribution in [2.24, 2.45) is 0 Å². The topological polar surface area (TPSA) is 18.5 Å². The van der Waals surface area contributed by atoms with E-state index in [2.05, 4.69) is 9.47 Å². The van der Waals surface area contributed by atoms with Crippen LogP contribution in [0.4, 0.5) is 43.9 Å². The van der Waals surface area contributed by atoms with Crippen molar-refractivity contribution in [1.82, 2.24) is 0 Å². The van der Waals surface area contributed by atoms with E-state index in [1.165, 1.54) is 6.07 Å². The van der Waals surface area contributed by atoms with Crippen LogP contribution in [0.25, 0.3) is 0 Å². The van der Waals surface area contributed by atoms with Gasteiger partial charge in [0.25, 0.3) is 0 Å². The third-order valence-electron chi connectivity index (χ3n) is 6.38. The molecule has 4 rings (SSSR count). The van der Waals surface area contributed by atoms with Gasteiger partial charge in [-0.15, -0.1) is 0 Å². The first-order valence-electron chi connectivity index (χ1n) is 12.8. The molecular formula is C31H22F10O2. The fourth-order valence-corrected chi connectivity index (χ4v) is 4.27. The summed E-state index contributed by atoms with van der Waals surface area (Å²) in [6, 6.07) is 8.34. The molecule has 0 amide bonds. The molecule has 0 aliphatic carbocycles. The van der Waals surface area contributed by atoms with Crippen molar-refractivity contribution in [3.05, 3.63) is 129 Å². The average Bonchev–Trinajstić information content (AvgIpc) is 2.90. The summed E-state index contributed by atoms with van der Waals surface area (Å²) in [6.07, 6.45) is -7.82. The molecule has 0 N–H and O–H groups in total. The summed E-state index contributed by atoms with van der Waals surface area (Å²) in [5.41, 5.74) is -2.06. The van der Waals surface area contributed by atoms with Gasteiger partial charge in [0.2, 0.25) is 0 Å². The zero-order chi connectivity index (χ0) is 31.5. The van der Waals surface area contributed by atoms with Gasteiger partial charge in [0, 0.05) is 12.1 Å². The second-order valence-electron chi connectivity index (χ2n) is 9.57. The fraction of sp³-hybridized carbons (Fsp3) is 0.226. The molecule has 0 atom stereocenters. The number of benzene rings is 4. The second-order valence-corrected chi connectivity index (χ2v) is 9.57. The van der Waals surface area contributed by atoms with Crippen LogP contribution in [-0.4, -0.2) is 0 Å². The van der Waals surface area contributed by atoms with Gasteiger partial charge in [-0.25, -0.2) is 26.3 Å². The van der Waals surface area contributed by atoms with Crippen molar-refractivity contribution in [3.63, 3.8) is 0 Å². The van der Waals surface area contributed by atoms with Gasteiger partial charge in [0.1, 0.15) is 34.5 Å². The van der Waals surface area contributed by atoms with Crippen LogP contribution < -0.4 is 9.47 Å². The van der Waals surface area contributed by atoms with Gasteiger partial charge in [-0.1, -0.05) is 25.5 Å². The summed E-state index contributed by atoms with van der Waals surface area (Å²) in [6.45, 7) is 1.82. The molecule has 0 aliphatic heterocycles. The SMILES string of the molecule is CCCc1ccc(C(F)(F)Oc2ccc(C(F)(F)Oc3ccc(CCc4cc(F)c(F)c(F)c4)c(F)c3)c(F)c2)c(F)c1. The molecule has 4 aromatic carbocycles. The van der Waals surface area contributed by atoms with Crippen LogP contribution in [0, 0.1) is 34.9 Å². The highest BCUT2D eigenvalue weighted by Gasteiger charge is 2.40. The highest BCUT2D eigenvalue weighted by molar-refractivity contribution is 5.35. The molecule has 0 aromatic heterocycles. The Morgan fingerprint density at radius 3 is 1.51 bits per heavy atom. The van der Waals surface area contributed by atoms with Crippen molar-refractivity contribution in [2.45, 2.75) is 44.8 Å². The van der Waals surface area contributed by atoms with Crippen LogP contribution in [0.15, 0.2) is 66.7 Å². The molecule has 0 heterocycles. The third-order valence-corrected chi connectivity index (χ3v) is 6.38. The number of hydrogen-bond acceptors (Lipinski definition) is 2. The largest absolute Gasteiger partial charge is 0.429 e. The molecule has 0 bridgehead atoms. The number of ether oxygens (including phenoxy) is 2. The molecule has 12 heteroatoms. The molecule has 0 radical (unpaired) electrons. The van der Waals surface area contributed by atoms with Crippen molar-refractivity contribution in [1.29, 1.82) is 0 Å². The van der Waals surface area contributed by atoms with E-state index < -0.39 is 69.7 Å². The van der Waals surface area contributed by atoms with Crippen LogP contribution in [0.3, 0.4) is 0 Å². The van der Waals surface area contributed by atoms with Gasteiger partial charge >= 0.3 is 12.2 Å². The van der Waals surface area contributed by atoms with Gasteiger partial charge in [-0.3, -0.25) is 0 Å². The van der Waals surface area contributed by atoms with Crippen LogP contribution in [-0.2, 0) is 31.5 Å². The van der Waals surface area contributed by atoms with Gasteiger partial charge in [0.05, 0.1) is 5.56 Å². The first-order chi connectivity index (χ1) is 20.2. The number of hydrogen-bond donors (Lipinski definition) is 0. The summed E-state index contributed by atoms with van der Waals surface area (Å²) in [7, 11) is 0. The van der Waals surface area contributed by atoms with Gasteiger partial charge in [0.15, 0.2) is 17.5 Å². The minimum atomic E-state index is -4.40. The van der Waals surface area contributed by atoms with Crippen molar-refractivity contribution in [3.8, 4) is 11.5 Å². The van der Waals surface area contributed by atoms with E-state index in [0.29, 0.717) is 36.6 Å². The van der Waals surface area contributed by atoms with Crippen LogP contribution in [0.5, 0.6) is 11.5 Å². The highest BCUT2D eigenvalue weighted by Crippen LogP contribution is 2.38. The highest BCUT2D eigenvalue weighted by atomic mass is 19.3. The average molecular weight is 616 g/mol. The molecule has 4 aromatic rings. The minimum Gasteiger partial charge on any atom is -0.429 e. The van der Waals surface area contributed by atoms with Crippen LogP contribution >= 0.6 is 0 Å². The molecule has 0 saturated carbocycles. The third kappa shape index (κ3) is 7.41. The predicted octanol–water partition coefficient (Wildman–Crippen LogP) is 9.52. The van der Waals surface area contributed by atoms with Crippen molar-refractivity contribution < 1.29 is 53.4 Å². The summed E-state index contributed by atoms with van der Waals surface area (Å²) in [5.74, 6) is -10.1. The lowest BCUT2D eigenvalue weighted by Crippen LogP contribution is -2.25. The van der Waals surface area contributed by atoms with E-state index in [1.807, 2.05) is 6.92 Å². The second kappa shape index (κ2) is 12.6. The lowest BCUT2D eigenvalue weighted by Gasteiger charge is -2.21. The van der Waals surface area contributed by atoms with Gasteiger partial charge < -0.3 is 9.47 Å². The van der Waals surface area contributed by atoms with Crippen LogP contribution in [0.1, 0.15) is 41.2 Å². The number of aryl methyl sites for hydroxylation is 3. The first kappa shape index (κ1) is 31.7. The molecular weight excluding hydrogens is 594 g/mol. The van der Waals surface area contributed by atoms with E-state index >= 15 is 0 Å². The van der Waals surface area contributed by atoms with Crippen LogP contribution in [0.2, 0.25) is 0 Å². The Morgan fingerprint density at radius 1 is 0.512 bits per heavy atom. The van der Waals surface area contributed by atoms with Crippen molar-refractivity contribution in [2.75, 3.05) is 0 Å². The molecule has 43 heavy (non-hydrogen) atoms. The molecule has 0 saturated heterocycles. The predicted molar refractivity (Wildman–Crippen MR) is 136 cm³/mol. The summed E-state index contributed by atoms with van der Waals surface area (Å²) < 4.78 is 151. The van der Waals surface area contributed by atoms with E-state index in [0.717, 1.165) is 36.4 Å². The monoisotopic (exact) mass is 616 g/mol. The number of halogens is 10. The minimum absolute atomic E-state index is 0.0262. The molecule has 2 nitrogen and oxygen atoms in total. The van der Waals surface area contributed by atoms with E-state index in [4.69, 9.17) is 0 Å². The van der Waals surface area contributed by atoms with Gasteiger partial charge in [-0.2, -0.15) is 17.6 Å². The zero-order valence-corrected chi connectivity index (χ0v) is 22.3. The number of alkyl halides is 4. The normalized spacial score (nSPS) is 12.0. The Hall–Kier alpha value is -4.22. The smallest absolute Gasteiger partial charge is 0.429 e. The summed E-state index contributed by atoms with van der Waals surface area (Å²) in [5, 5.41) is 0. The molecule has 0 fully saturated rings. The van der Waals surface area contributed by atoms with E-state index in [-0.39, 0.29) is 30.0 Å². The molecule has 0 aliphatic rings. The molecule has 0 unspecified atom stereocenters. The Balaban J connectivity index is 1.45. The Morgan fingerprint density at radius 2 is 1.00 bits per heavy atom. The summed E-state index contributed by atoms with van der Waals surface area (Å²) >= 11 is 0. The lowest BCUT2D eigenvalue weighted by atomic mass is 10.0. The Bertz CT molecular complexity index is 1600. The maximum absolute atomic E-state index is 14.8. The standard InChI is InChI=1S/C31H22F10O2/c1-2-3-17-5-10-22(25(33)12-17)30(38,39)43-21-9-11-23(26(34)16-21)31(40,41)42-20-8-7-19(24(32)15-20)6-4-18-13-27(35)29(37)28(36)14-18/h5,7-16H,2-4,6H2,1H3. The van der Waals surface area contributed by atoms with Gasteiger partial charge in [-0.05, 0) is 78.4 Å². The number of rotatable bonds is 11. The van der Waals surface area contributed by atoms with E-state index in [1.54, 1.807) is 0 Å². The zero-order valence-electron chi connectivity index (χ0n) is 22.3. The van der Waals surface area contributed by atoms with Crippen molar-refractivity contribution >= 4 is 0 Å². The fourth-order valence-electron chi connectivity index (χ4n) is 4.27.